The highest BCUT2D eigenvalue weighted by Gasteiger charge is 2.21. The van der Waals surface area contributed by atoms with Gasteiger partial charge >= 0.3 is 16.1 Å². The van der Waals surface area contributed by atoms with Gasteiger partial charge in [0.2, 0.25) is 0 Å². The molecular weight excluding hydrogens is 332 g/mol. The molecule has 8 heteroatoms. The van der Waals surface area contributed by atoms with Gasteiger partial charge in [0.15, 0.2) is 0 Å². The predicted octanol–water partition coefficient (Wildman–Crippen LogP) is 2.60. The average Bonchev–Trinajstić information content (AvgIpc) is 2.45. The number of esters is 1. The van der Waals surface area contributed by atoms with Gasteiger partial charge in [0, 0.05) is 6.07 Å². The van der Waals surface area contributed by atoms with Crippen LogP contribution in [0.4, 0.5) is 0 Å². The summed E-state index contributed by atoms with van der Waals surface area (Å²) in [6.07, 6.45) is 0. The molecule has 0 saturated heterocycles. The van der Waals surface area contributed by atoms with Crippen molar-refractivity contribution in [1.29, 1.82) is 0 Å². The summed E-state index contributed by atoms with van der Waals surface area (Å²) in [6.45, 7) is 0. The van der Waals surface area contributed by atoms with Gasteiger partial charge in [0.05, 0.1) is 17.7 Å². The summed E-state index contributed by atoms with van der Waals surface area (Å²) in [6, 6.07) is 9.07. The second kappa shape index (κ2) is 6.25. The topological polar surface area (TPSA) is 89.9 Å². The van der Waals surface area contributed by atoms with E-state index in [1.807, 2.05) is 0 Å². The molecule has 0 unspecified atom stereocenters. The second-order valence-corrected chi connectivity index (χ2v) is 6.10. The van der Waals surface area contributed by atoms with Crippen molar-refractivity contribution in [2.24, 2.45) is 0 Å². The van der Waals surface area contributed by atoms with Crippen LogP contribution in [0.25, 0.3) is 0 Å². The number of carbonyl (C=O) groups excluding carboxylic acids is 1. The Labute approximate surface area is 132 Å². The molecule has 0 fully saturated rings. The Hall–Kier alpha value is -2.25. The smallest absolute Gasteiger partial charge is 0.340 e. The van der Waals surface area contributed by atoms with Gasteiger partial charge in [0.1, 0.15) is 16.4 Å². The molecule has 0 bridgehead atoms. The van der Waals surface area contributed by atoms with E-state index in [1.165, 1.54) is 18.2 Å². The third-order valence-electron chi connectivity index (χ3n) is 2.62. The molecule has 1 N–H and O–H groups in total. The zero-order valence-electron chi connectivity index (χ0n) is 11.3. The fraction of sp³-hybridized carbons (Fsp3) is 0.0714. The first kappa shape index (κ1) is 16.1. The predicted molar refractivity (Wildman–Crippen MR) is 78.7 cm³/mol. The summed E-state index contributed by atoms with van der Waals surface area (Å²) in [4.78, 5) is 11.2. The van der Waals surface area contributed by atoms with Crippen LogP contribution in [0.3, 0.4) is 0 Å². The van der Waals surface area contributed by atoms with Crippen LogP contribution in [0.1, 0.15) is 10.4 Å². The van der Waals surface area contributed by atoms with Crippen LogP contribution in [0.15, 0.2) is 47.4 Å². The summed E-state index contributed by atoms with van der Waals surface area (Å²) >= 11 is 5.83. The molecule has 0 aliphatic heterocycles. The number of benzene rings is 2. The molecule has 0 heterocycles. The van der Waals surface area contributed by atoms with E-state index in [0.717, 1.165) is 25.3 Å². The van der Waals surface area contributed by atoms with Gasteiger partial charge in [0.25, 0.3) is 0 Å². The van der Waals surface area contributed by atoms with Gasteiger partial charge in [-0.15, -0.1) is 0 Å². The molecular formula is C14H11ClO6S. The quantitative estimate of drug-likeness (QED) is 0.678. The maximum atomic E-state index is 12.2. The van der Waals surface area contributed by atoms with Gasteiger partial charge < -0.3 is 14.0 Å². The maximum absolute atomic E-state index is 12.2. The fourth-order valence-corrected chi connectivity index (χ4v) is 3.10. The molecule has 116 valence electrons. The summed E-state index contributed by atoms with van der Waals surface area (Å²) < 4.78 is 33.8. The van der Waals surface area contributed by atoms with E-state index in [4.69, 9.17) is 15.8 Å². The first-order chi connectivity index (χ1) is 10.3. The Kier molecular flexibility index (Phi) is 4.58. The molecule has 2 aromatic rings. The highest BCUT2D eigenvalue weighted by atomic mass is 35.5. The standard InChI is InChI=1S/C14H11ClO6S/c1-20-14(17)9-6-10(16)8-11(7-9)21-22(18,19)13-5-3-2-4-12(13)15/h2-8,16H,1H3. The first-order valence-corrected chi connectivity index (χ1v) is 7.73. The van der Waals surface area contributed by atoms with Crippen molar-refractivity contribution in [3.05, 3.63) is 53.1 Å². The van der Waals surface area contributed by atoms with Crippen molar-refractivity contribution < 1.29 is 27.2 Å². The largest absolute Gasteiger partial charge is 0.508 e. The Balaban J connectivity index is 2.40. The molecule has 6 nitrogen and oxygen atoms in total. The van der Waals surface area contributed by atoms with Crippen LogP contribution in [0.2, 0.25) is 5.02 Å². The second-order valence-electron chi connectivity index (χ2n) is 4.18. The van der Waals surface area contributed by atoms with Gasteiger partial charge in [-0.2, -0.15) is 8.42 Å². The molecule has 0 radical (unpaired) electrons. The third kappa shape index (κ3) is 3.49. The summed E-state index contributed by atoms with van der Waals surface area (Å²) in [7, 11) is -3.05. The molecule has 0 aliphatic carbocycles. The summed E-state index contributed by atoms with van der Waals surface area (Å²) in [5.74, 6) is -1.32. The van der Waals surface area contributed by atoms with Crippen LogP contribution >= 0.6 is 11.6 Å². The van der Waals surface area contributed by atoms with Crippen LogP contribution in [-0.2, 0) is 14.9 Å². The number of carbonyl (C=O) groups is 1. The molecule has 0 amide bonds. The average molecular weight is 343 g/mol. The minimum atomic E-state index is -4.21. The number of phenols is 1. The molecule has 0 spiro atoms. The van der Waals surface area contributed by atoms with E-state index in [0.29, 0.717) is 0 Å². The minimum absolute atomic E-state index is 0.00385. The molecule has 0 aliphatic rings. The first-order valence-electron chi connectivity index (χ1n) is 5.95. The van der Waals surface area contributed by atoms with Crippen molar-refractivity contribution in [3.8, 4) is 11.5 Å². The van der Waals surface area contributed by atoms with E-state index in [1.54, 1.807) is 6.07 Å². The lowest BCUT2D eigenvalue weighted by molar-refractivity contribution is 0.0600. The monoisotopic (exact) mass is 342 g/mol. The van der Waals surface area contributed by atoms with E-state index in [2.05, 4.69) is 4.74 Å². The normalized spacial score (nSPS) is 11.0. The number of halogens is 1. The maximum Gasteiger partial charge on any atom is 0.340 e. The fourth-order valence-electron chi connectivity index (χ4n) is 1.69. The van der Waals surface area contributed by atoms with E-state index in [9.17, 15) is 18.3 Å². The summed E-state index contributed by atoms with van der Waals surface area (Å²) in [5.41, 5.74) is -0.0492. The van der Waals surface area contributed by atoms with Gasteiger partial charge in [-0.25, -0.2) is 4.79 Å². The zero-order valence-corrected chi connectivity index (χ0v) is 12.9. The van der Waals surface area contributed by atoms with Crippen molar-refractivity contribution >= 4 is 27.7 Å². The Morgan fingerprint density at radius 1 is 1.18 bits per heavy atom. The van der Waals surface area contributed by atoms with Crippen LogP contribution in [0, 0.1) is 0 Å². The number of hydrogen-bond donors (Lipinski definition) is 1. The molecule has 22 heavy (non-hydrogen) atoms. The van der Waals surface area contributed by atoms with E-state index >= 15 is 0 Å². The molecule has 0 saturated carbocycles. The minimum Gasteiger partial charge on any atom is -0.508 e. The molecule has 0 aromatic heterocycles. The number of methoxy groups -OCH3 is 1. The van der Waals surface area contributed by atoms with Crippen molar-refractivity contribution in [3.63, 3.8) is 0 Å². The Bertz CT molecular complexity index is 816. The third-order valence-corrected chi connectivity index (χ3v) is 4.37. The van der Waals surface area contributed by atoms with Gasteiger partial charge in [-0.3, -0.25) is 0 Å². The lowest BCUT2D eigenvalue weighted by Crippen LogP contribution is -2.11. The van der Waals surface area contributed by atoms with Gasteiger partial charge in [-0.05, 0) is 24.3 Å². The molecule has 2 rings (SSSR count). The number of rotatable bonds is 4. The van der Waals surface area contributed by atoms with Crippen LogP contribution in [0.5, 0.6) is 11.5 Å². The molecule has 0 atom stereocenters. The van der Waals surface area contributed by atoms with Crippen molar-refractivity contribution in [2.75, 3.05) is 7.11 Å². The highest BCUT2D eigenvalue weighted by Crippen LogP contribution is 2.28. The van der Waals surface area contributed by atoms with Crippen LogP contribution in [-0.4, -0.2) is 26.6 Å². The van der Waals surface area contributed by atoms with Crippen molar-refractivity contribution in [1.82, 2.24) is 0 Å². The lowest BCUT2D eigenvalue weighted by Gasteiger charge is -2.09. The number of hydrogen-bond acceptors (Lipinski definition) is 6. The number of aromatic hydroxyl groups is 1. The van der Waals surface area contributed by atoms with Gasteiger partial charge in [-0.1, -0.05) is 23.7 Å². The van der Waals surface area contributed by atoms with E-state index in [-0.39, 0.29) is 27.0 Å². The highest BCUT2D eigenvalue weighted by molar-refractivity contribution is 7.87. The SMILES string of the molecule is COC(=O)c1cc(O)cc(OS(=O)(=O)c2ccccc2Cl)c1. The van der Waals surface area contributed by atoms with Crippen molar-refractivity contribution in [2.45, 2.75) is 4.90 Å². The number of phenolic OH excluding ortho intramolecular Hbond substituents is 1. The van der Waals surface area contributed by atoms with E-state index < -0.39 is 16.1 Å². The van der Waals surface area contributed by atoms with Crippen LogP contribution < -0.4 is 4.18 Å². The Morgan fingerprint density at radius 2 is 1.86 bits per heavy atom. The zero-order chi connectivity index (χ0) is 16.3. The molecule has 2 aromatic carbocycles. The Morgan fingerprint density at radius 3 is 2.50 bits per heavy atom. The summed E-state index contributed by atoms with van der Waals surface area (Å²) in [5, 5.41) is 9.55. The lowest BCUT2D eigenvalue weighted by atomic mass is 10.2. The number of ether oxygens (including phenoxy) is 1.